The van der Waals surface area contributed by atoms with Crippen LogP contribution in [0.5, 0.6) is 0 Å². The Balaban J connectivity index is 3.02. The molecule has 0 aliphatic heterocycles. The standard InChI is InChI=1S/C10H9F2NO2/c1-6(14)10(15)13(2)7-3-4-8(11)9(12)5-7/h3-5H,1-2H3. The summed E-state index contributed by atoms with van der Waals surface area (Å²) in [5.41, 5.74) is 0.133. The molecule has 80 valence electrons. The van der Waals surface area contributed by atoms with Gasteiger partial charge in [0.2, 0.25) is 5.78 Å². The normalized spacial score (nSPS) is 9.87. The second kappa shape index (κ2) is 4.16. The average molecular weight is 213 g/mol. The number of ketones is 1. The van der Waals surface area contributed by atoms with E-state index in [2.05, 4.69) is 0 Å². The molecule has 1 rings (SSSR count). The van der Waals surface area contributed by atoms with E-state index in [1.807, 2.05) is 0 Å². The number of Topliss-reactive ketones (excluding diaryl/α,β-unsaturated/α-hetero) is 1. The van der Waals surface area contributed by atoms with Gasteiger partial charge in [-0.3, -0.25) is 9.59 Å². The highest BCUT2D eigenvalue weighted by Gasteiger charge is 2.16. The van der Waals surface area contributed by atoms with Gasteiger partial charge in [0.1, 0.15) is 0 Å². The van der Waals surface area contributed by atoms with Gasteiger partial charge in [-0.25, -0.2) is 8.78 Å². The van der Waals surface area contributed by atoms with E-state index < -0.39 is 23.3 Å². The van der Waals surface area contributed by atoms with Gasteiger partial charge in [-0.2, -0.15) is 0 Å². The third kappa shape index (κ3) is 2.37. The topological polar surface area (TPSA) is 37.4 Å². The van der Waals surface area contributed by atoms with Crippen molar-refractivity contribution in [2.24, 2.45) is 0 Å². The molecule has 0 radical (unpaired) electrons. The summed E-state index contributed by atoms with van der Waals surface area (Å²) in [7, 11) is 1.32. The summed E-state index contributed by atoms with van der Waals surface area (Å²) >= 11 is 0. The number of rotatable bonds is 2. The Morgan fingerprint density at radius 3 is 2.27 bits per heavy atom. The number of amides is 1. The maximum Gasteiger partial charge on any atom is 0.293 e. The zero-order valence-electron chi connectivity index (χ0n) is 8.25. The van der Waals surface area contributed by atoms with E-state index in [4.69, 9.17) is 0 Å². The van der Waals surface area contributed by atoms with E-state index in [0.29, 0.717) is 0 Å². The molecule has 0 saturated heterocycles. The Morgan fingerprint density at radius 1 is 1.20 bits per heavy atom. The molecule has 0 aromatic heterocycles. The molecule has 0 unspecified atom stereocenters. The van der Waals surface area contributed by atoms with Crippen LogP contribution in [-0.4, -0.2) is 18.7 Å². The molecule has 0 fully saturated rings. The van der Waals surface area contributed by atoms with Gasteiger partial charge in [-0.05, 0) is 12.1 Å². The number of hydrogen-bond acceptors (Lipinski definition) is 2. The van der Waals surface area contributed by atoms with Crippen molar-refractivity contribution in [3.8, 4) is 0 Å². The molecule has 1 aromatic rings. The molecule has 0 bridgehead atoms. The van der Waals surface area contributed by atoms with Crippen LogP contribution in [0.3, 0.4) is 0 Å². The third-order valence-electron chi connectivity index (χ3n) is 1.90. The van der Waals surface area contributed by atoms with Crippen LogP contribution in [0.25, 0.3) is 0 Å². The molecule has 0 spiro atoms. The van der Waals surface area contributed by atoms with E-state index in [9.17, 15) is 18.4 Å². The molecule has 0 heterocycles. The van der Waals surface area contributed by atoms with E-state index >= 15 is 0 Å². The molecular weight excluding hydrogens is 204 g/mol. The number of hydrogen-bond donors (Lipinski definition) is 0. The highest BCUT2D eigenvalue weighted by Crippen LogP contribution is 2.16. The first-order valence-electron chi connectivity index (χ1n) is 4.17. The highest BCUT2D eigenvalue weighted by molar-refractivity contribution is 6.40. The number of nitrogens with zero attached hydrogens (tertiary/aromatic N) is 1. The summed E-state index contributed by atoms with van der Waals surface area (Å²) in [6.45, 7) is 1.11. The van der Waals surface area contributed by atoms with Gasteiger partial charge in [0.05, 0.1) is 0 Å². The van der Waals surface area contributed by atoms with Crippen molar-refractivity contribution in [2.75, 3.05) is 11.9 Å². The molecule has 0 aliphatic rings. The van der Waals surface area contributed by atoms with Gasteiger partial charge in [0.15, 0.2) is 11.6 Å². The minimum atomic E-state index is -1.06. The molecule has 5 heteroatoms. The molecule has 1 aromatic carbocycles. The summed E-state index contributed by atoms with van der Waals surface area (Å²) in [5.74, 6) is -3.50. The fraction of sp³-hybridized carbons (Fsp3) is 0.200. The summed E-state index contributed by atoms with van der Waals surface area (Å²) in [5, 5.41) is 0. The van der Waals surface area contributed by atoms with Crippen LogP contribution < -0.4 is 4.90 Å². The summed E-state index contributed by atoms with van der Waals surface area (Å²) < 4.78 is 25.4. The first-order valence-corrected chi connectivity index (χ1v) is 4.17. The zero-order chi connectivity index (χ0) is 11.6. The van der Waals surface area contributed by atoms with Crippen LogP contribution in [-0.2, 0) is 9.59 Å². The number of likely N-dealkylation sites (N-methyl/N-ethyl adjacent to an activating group) is 1. The molecule has 0 N–H and O–H groups in total. The fourth-order valence-electron chi connectivity index (χ4n) is 1.05. The minimum absolute atomic E-state index is 0.133. The maximum atomic E-state index is 12.8. The molecule has 0 aliphatic carbocycles. The first kappa shape index (κ1) is 11.3. The van der Waals surface area contributed by atoms with E-state index in [0.717, 1.165) is 24.0 Å². The van der Waals surface area contributed by atoms with Crippen LogP contribution >= 0.6 is 0 Å². The van der Waals surface area contributed by atoms with E-state index in [1.54, 1.807) is 0 Å². The van der Waals surface area contributed by atoms with Crippen LogP contribution in [0.2, 0.25) is 0 Å². The lowest BCUT2D eigenvalue weighted by Crippen LogP contribution is -2.31. The average Bonchev–Trinajstić information content (AvgIpc) is 2.19. The Bertz CT molecular complexity index is 418. The monoisotopic (exact) mass is 213 g/mol. The van der Waals surface area contributed by atoms with Crippen molar-refractivity contribution < 1.29 is 18.4 Å². The van der Waals surface area contributed by atoms with E-state index in [-0.39, 0.29) is 5.69 Å². The van der Waals surface area contributed by atoms with Crippen molar-refractivity contribution in [1.82, 2.24) is 0 Å². The van der Waals surface area contributed by atoms with Crippen molar-refractivity contribution in [3.63, 3.8) is 0 Å². The van der Waals surface area contributed by atoms with E-state index in [1.165, 1.54) is 13.1 Å². The third-order valence-corrected chi connectivity index (χ3v) is 1.90. The number of carbonyl (C=O) groups is 2. The lowest BCUT2D eigenvalue weighted by molar-refractivity contribution is -0.134. The predicted molar refractivity (Wildman–Crippen MR) is 50.4 cm³/mol. The van der Waals surface area contributed by atoms with Gasteiger partial charge < -0.3 is 4.90 Å². The molecule has 15 heavy (non-hydrogen) atoms. The second-order valence-electron chi connectivity index (χ2n) is 3.02. The Kier molecular flexibility index (Phi) is 3.14. The lowest BCUT2D eigenvalue weighted by Gasteiger charge is -2.15. The van der Waals surface area contributed by atoms with Crippen molar-refractivity contribution in [1.29, 1.82) is 0 Å². The summed E-state index contributed by atoms with van der Waals surface area (Å²) in [6.07, 6.45) is 0. The lowest BCUT2D eigenvalue weighted by atomic mass is 10.2. The molecular formula is C10H9F2NO2. The zero-order valence-corrected chi connectivity index (χ0v) is 8.25. The quantitative estimate of drug-likeness (QED) is 0.698. The van der Waals surface area contributed by atoms with Crippen molar-refractivity contribution in [2.45, 2.75) is 6.92 Å². The second-order valence-corrected chi connectivity index (χ2v) is 3.02. The minimum Gasteiger partial charge on any atom is -0.309 e. The van der Waals surface area contributed by atoms with Crippen LogP contribution in [0.4, 0.5) is 14.5 Å². The SMILES string of the molecule is CC(=O)C(=O)N(C)c1ccc(F)c(F)c1. The summed E-state index contributed by atoms with van der Waals surface area (Å²) in [6, 6.07) is 2.98. The van der Waals surface area contributed by atoms with Gasteiger partial charge in [0, 0.05) is 25.7 Å². The Hall–Kier alpha value is -1.78. The predicted octanol–water partition coefficient (Wildman–Crippen LogP) is 1.52. The number of anilines is 1. The molecule has 0 atom stereocenters. The van der Waals surface area contributed by atoms with Crippen LogP contribution in [0.15, 0.2) is 18.2 Å². The molecule has 3 nitrogen and oxygen atoms in total. The highest BCUT2D eigenvalue weighted by atomic mass is 19.2. The number of carbonyl (C=O) groups excluding carboxylic acids is 2. The molecule has 1 amide bonds. The van der Waals surface area contributed by atoms with Crippen LogP contribution in [0.1, 0.15) is 6.92 Å². The smallest absolute Gasteiger partial charge is 0.293 e. The van der Waals surface area contributed by atoms with Crippen molar-refractivity contribution >= 4 is 17.4 Å². The largest absolute Gasteiger partial charge is 0.309 e. The fourth-order valence-corrected chi connectivity index (χ4v) is 1.05. The Labute approximate surface area is 85.3 Å². The molecule has 0 saturated carbocycles. The van der Waals surface area contributed by atoms with Gasteiger partial charge in [-0.15, -0.1) is 0 Å². The Morgan fingerprint density at radius 2 is 1.80 bits per heavy atom. The van der Waals surface area contributed by atoms with Crippen molar-refractivity contribution in [3.05, 3.63) is 29.8 Å². The van der Waals surface area contributed by atoms with Crippen LogP contribution in [0, 0.1) is 11.6 Å². The van der Waals surface area contributed by atoms with Gasteiger partial charge in [-0.1, -0.05) is 0 Å². The van der Waals surface area contributed by atoms with Gasteiger partial charge in [0.25, 0.3) is 5.91 Å². The maximum absolute atomic E-state index is 12.8. The summed E-state index contributed by atoms with van der Waals surface area (Å²) in [4.78, 5) is 22.9. The first-order chi connectivity index (χ1) is 6.93. The van der Waals surface area contributed by atoms with Gasteiger partial charge >= 0.3 is 0 Å². The number of halogens is 2. The number of benzene rings is 1.